The van der Waals surface area contributed by atoms with E-state index in [4.69, 9.17) is 23.2 Å². The highest BCUT2D eigenvalue weighted by molar-refractivity contribution is 6.35. The molecular weight excluding hydrogens is 395 g/mol. The summed E-state index contributed by atoms with van der Waals surface area (Å²) in [7, 11) is 0. The van der Waals surface area contributed by atoms with Crippen LogP contribution in [0.2, 0.25) is 10.0 Å². The van der Waals surface area contributed by atoms with E-state index in [9.17, 15) is 9.90 Å². The summed E-state index contributed by atoms with van der Waals surface area (Å²) >= 11 is 12.0. The van der Waals surface area contributed by atoms with Gasteiger partial charge in [0.15, 0.2) is 18.4 Å². The van der Waals surface area contributed by atoms with Crippen LogP contribution in [0, 0.1) is 0 Å². The highest BCUT2D eigenvalue weighted by Gasteiger charge is 2.18. The summed E-state index contributed by atoms with van der Waals surface area (Å²) in [5.74, 6) is -0.286. The van der Waals surface area contributed by atoms with E-state index in [1.807, 2.05) is 36.7 Å². The average molecular weight is 420 g/mol. The minimum atomic E-state index is -0.247. The van der Waals surface area contributed by atoms with E-state index < -0.39 is 0 Å². The van der Waals surface area contributed by atoms with E-state index in [1.165, 1.54) is 12.1 Å². The van der Waals surface area contributed by atoms with Gasteiger partial charge in [-0.1, -0.05) is 54.9 Å². The SMILES string of the molecule is C=CC(=O)NC(C=Cc1cc(Cl)cc(Cl)c1O)CCC(CC)[n+]1ccccc1. The maximum Gasteiger partial charge on any atom is 0.243 e. The number of amides is 1. The second kappa shape index (κ2) is 10.9. The number of aromatic hydroxyl groups is 1. The molecule has 0 aliphatic heterocycles. The van der Waals surface area contributed by atoms with Gasteiger partial charge in [-0.2, -0.15) is 0 Å². The number of hydrogen-bond acceptors (Lipinski definition) is 2. The monoisotopic (exact) mass is 419 g/mol. The number of nitrogens with one attached hydrogen (secondary N) is 1. The van der Waals surface area contributed by atoms with E-state index in [1.54, 1.807) is 12.1 Å². The summed E-state index contributed by atoms with van der Waals surface area (Å²) in [6.45, 7) is 5.66. The number of hydrogen-bond donors (Lipinski definition) is 2. The molecule has 28 heavy (non-hydrogen) atoms. The fourth-order valence-electron chi connectivity index (χ4n) is 2.98. The fourth-order valence-corrected chi connectivity index (χ4v) is 3.49. The van der Waals surface area contributed by atoms with Gasteiger partial charge in [0.1, 0.15) is 5.75 Å². The van der Waals surface area contributed by atoms with E-state index >= 15 is 0 Å². The maximum atomic E-state index is 11.8. The molecule has 1 aromatic carbocycles. The molecule has 2 rings (SSSR count). The number of benzene rings is 1. The molecule has 0 saturated heterocycles. The van der Waals surface area contributed by atoms with Gasteiger partial charge in [-0.25, -0.2) is 4.57 Å². The molecule has 1 heterocycles. The number of pyridine rings is 1. The normalized spacial score (nSPS) is 13.2. The van der Waals surface area contributed by atoms with Crippen molar-refractivity contribution in [1.82, 2.24) is 5.32 Å². The Morgan fingerprint density at radius 2 is 1.96 bits per heavy atom. The Morgan fingerprint density at radius 3 is 2.61 bits per heavy atom. The van der Waals surface area contributed by atoms with Gasteiger partial charge in [0.2, 0.25) is 5.91 Å². The third-order valence-corrected chi connectivity index (χ3v) is 5.03. The number of carbonyl (C=O) groups is 1. The van der Waals surface area contributed by atoms with Crippen LogP contribution in [0.1, 0.15) is 37.8 Å². The van der Waals surface area contributed by atoms with E-state index in [0.29, 0.717) is 16.6 Å². The zero-order valence-electron chi connectivity index (χ0n) is 15.8. The van der Waals surface area contributed by atoms with Crippen LogP contribution in [-0.2, 0) is 4.79 Å². The maximum absolute atomic E-state index is 11.8. The third kappa shape index (κ3) is 6.39. The molecule has 148 valence electrons. The van der Waals surface area contributed by atoms with Gasteiger partial charge in [-0.3, -0.25) is 4.79 Å². The molecule has 6 heteroatoms. The zero-order valence-corrected chi connectivity index (χ0v) is 17.3. The number of carbonyl (C=O) groups excluding carboxylic acids is 1. The Labute approximate surface area is 176 Å². The summed E-state index contributed by atoms with van der Waals surface area (Å²) in [5.41, 5.74) is 0.500. The summed E-state index contributed by atoms with van der Waals surface area (Å²) < 4.78 is 2.18. The minimum Gasteiger partial charge on any atom is -0.506 e. The van der Waals surface area contributed by atoms with Gasteiger partial charge >= 0.3 is 0 Å². The molecule has 2 atom stereocenters. The first-order valence-electron chi connectivity index (χ1n) is 9.19. The van der Waals surface area contributed by atoms with Crippen LogP contribution in [0.25, 0.3) is 6.08 Å². The quantitative estimate of drug-likeness (QED) is 0.438. The van der Waals surface area contributed by atoms with Gasteiger partial charge in [0.25, 0.3) is 0 Å². The molecule has 0 bridgehead atoms. The van der Waals surface area contributed by atoms with Crippen molar-refractivity contribution in [2.75, 3.05) is 0 Å². The highest BCUT2D eigenvalue weighted by atomic mass is 35.5. The molecule has 0 aliphatic rings. The van der Waals surface area contributed by atoms with Crippen molar-refractivity contribution in [1.29, 1.82) is 0 Å². The summed E-state index contributed by atoms with van der Waals surface area (Å²) in [6, 6.07) is 9.21. The van der Waals surface area contributed by atoms with Gasteiger partial charge in [0.05, 0.1) is 5.02 Å². The summed E-state index contributed by atoms with van der Waals surface area (Å²) in [4.78, 5) is 11.8. The van der Waals surface area contributed by atoms with E-state index in [-0.39, 0.29) is 22.7 Å². The number of rotatable bonds is 9. The fraction of sp³-hybridized carbons (Fsp3) is 0.273. The predicted octanol–water partition coefficient (Wildman–Crippen LogP) is 5.10. The molecule has 0 radical (unpaired) electrons. The lowest BCUT2D eigenvalue weighted by Gasteiger charge is -2.17. The van der Waals surface area contributed by atoms with Crippen LogP contribution >= 0.6 is 23.2 Å². The lowest BCUT2D eigenvalue weighted by Crippen LogP contribution is -2.40. The lowest BCUT2D eigenvalue weighted by atomic mass is 10.0. The van der Waals surface area contributed by atoms with Crippen molar-refractivity contribution in [3.05, 3.63) is 77.1 Å². The second-order valence-electron chi connectivity index (χ2n) is 6.47. The molecule has 2 N–H and O–H groups in total. The molecular formula is C22H25Cl2N2O2+. The van der Waals surface area contributed by atoms with Crippen LogP contribution in [0.15, 0.2) is 61.5 Å². The molecule has 0 aliphatic carbocycles. The molecule has 0 spiro atoms. The van der Waals surface area contributed by atoms with Gasteiger partial charge < -0.3 is 10.4 Å². The van der Waals surface area contributed by atoms with Crippen molar-refractivity contribution in [3.8, 4) is 5.75 Å². The number of halogens is 2. The number of phenols is 1. The van der Waals surface area contributed by atoms with Crippen molar-refractivity contribution < 1.29 is 14.5 Å². The Hall–Kier alpha value is -2.30. The molecule has 2 aromatic rings. The smallest absolute Gasteiger partial charge is 0.243 e. The predicted molar refractivity (Wildman–Crippen MR) is 114 cm³/mol. The second-order valence-corrected chi connectivity index (χ2v) is 7.31. The zero-order chi connectivity index (χ0) is 20.5. The lowest BCUT2D eigenvalue weighted by molar-refractivity contribution is -0.724. The highest BCUT2D eigenvalue weighted by Crippen LogP contribution is 2.32. The Kier molecular flexibility index (Phi) is 8.55. The number of aromatic nitrogens is 1. The summed E-state index contributed by atoms with van der Waals surface area (Å²) in [5, 5.41) is 13.7. The van der Waals surface area contributed by atoms with E-state index in [0.717, 1.165) is 19.3 Å². The van der Waals surface area contributed by atoms with Crippen molar-refractivity contribution >= 4 is 35.2 Å². The van der Waals surface area contributed by atoms with Gasteiger partial charge in [-0.05, 0) is 24.6 Å². The molecule has 4 nitrogen and oxygen atoms in total. The molecule has 1 amide bonds. The Balaban J connectivity index is 2.15. The van der Waals surface area contributed by atoms with Crippen LogP contribution in [0.4, 0.5) is 0 Å². The largest absolute Gasteiger partial charge is 0.506 e. The first-order chi connectivity index (χ1) is 13.4. The molecule has 0 fully saturated rings. The van der Waals surface area contributed by atoms with Crippen LogP contribution in [-0.4, -0.2) is 17.1 Å². The first kappa shape index (κ1) is 22.0. The molecule has 2 unspecified atom stereocenters. The van der Waals surface area contributed by atoms with Gasteiger partial charge in [-0.15, -0.1) is 0 Å². The molecule has 1 aromatic heterocycles. The van der Waals surface area contributed by atoms with Crippen LogP contribution in [0.3, 0.4) is 0 Å². The standard InChI is InChI=1S/C22H24Cl2N2O2/c1-3-19(26-12-6-5-7-13-26)11-10-18(25-21(27)4-2)9-8-16-14-17(23)15-20(24)22(16)28/h4-9,12-15,18-19H,2-3,10-11H2,1H3,(H-,25,27,28)/p+1. The topological polar surface area (TPSA) is 53.2 Å². The Morgan fingerprint density at radius 1 is 1.25 bits per heavy atom. The van der Waals surface area contributed by atoms with Crippen LogP contribution < -0.4 is 9.88 Å². The molecule has 0 saturated carbocycles. The third-order valence-electron chi connectivity index (χ3n) is 4.52. The van der Waals surface area contributed by atoms with Crippen molar-refractivity contribution in [2.45, 2.75) is 38.3 Å². The van der Waals surface area contributed by atoms with E-state index in [2.05, 4.69) is 23.4 Å². The Bertz CT molecular complexity index is 838. The van der Waals surface area contributed by atoms with Crippen molar-refractivity contribution in [2.24, 2.45) is 0 Å². The van der Waals surface area contributed by atoms with Gasteiger partial charge in [0, 0.05) is 41.6 Å². The van der Waals surface area contributed by atoms with Crippen LogP contribution in [0.5, 0.6) is 5.75 Å². The minimum absolute atomic E-state index is 0.0395. The summed E-state index contributed by atoms with van der Waals surface area (Å²) in [6.07, 6.45) is 11.5. The first-order valence-corrected chi connectivity index (χ1v) is 9.95. The number of nitrogens with zero attached hydrogens (tertiary/aromatic N) is 1. The number of phenolic OH excluding ortho intramolecular Hbond substituents is 1. The average Bonchev–Trinajstić information content (AvgIpc) is 2.70. The van der Waals surface area contributed by atoms with Crippen molar-refractivity contribution in [3.63, 3.8) is 0 Å².